The lowest BCUT2D eigenvalue weighted by molar-refractivity contribution is -0.140. The fourth-order valence-electron chi connectivity index (χ4n) is 3.91. The van der Waals surface area contributed by atoms with E-state index in [1.54, 1.807) is 30.3 Å². The summed E-state index contributed by atoms with van der Waals surface area (Å²) in [6.07, 6.45) is -0.415. The van der Waals surface area contributed by atoms with Crippen molar-refractivity contribution in [3.63, 3.8) is 0 Å². The minimum Gasteiger partial charge on any atom is -0.507 e. The quantitative estimate of drug-likeness (QED) is 0.468. The number of nitrogens with one attached hydrogen (secondary N) is 1. The first kappa shape index (κ1) is 21.0. The number of carbonyl (C=O) groups is 3. The fourth-order valence-corrected chi connectivity index (χ4v) is 3.91. The van der Waals surface area contributed by atoms with Gasteiger partial charge in [0, 0.05) is 28.7 Å². The maximum Gasteiger partial charge on any atom is 0.306 e. The van der Waals surface area contributed by atoms with Gasteiger partial charge in [0.2, 0.25) is 11.6 Å². The third-order valence-corrected chi connectivity index (χ3v) is 5.54. The van der Waals surface area contributed by atoms with Crippen LogP contribution in [0.1, 0.15) is 33.8 Å². The minimum absolute atomic E-state index is 0.0511. The predicted molar refractivity (Wildman–Crippen MR) is 116 cm³/mol. The van der Waals surface area contributed by atoms with Crippen LogP contribution in [0.5, 0.6) is 5.75 Å². The number of ketones is 2. The third kappa shape index (κ3) is 3.45. The first-order chi connectivity index (χ1) is 15.3. The molecule has 0 saturated carbocycles. The number of carbonyl (C=O) groups excluding carboxylic acids is 3. The Morgan fingerprint density at radius 1 is 1.00 bits per heavy atom. The minimum atomic E-state index is -1.19. The molecule has 0 fully saturated rings. The van der Waals surface area contributed by atoms with Crippen LogP contribution in [0.25, 0.3) is 16.7 Å². The Labute approximate surface area is 182 Å². The SMILES string of the molecule is COC(=O)C[C@@H](C1=C(O)c2ccccc2C(=O)C1=O)c1cc2ccc(OC)cc2[nH]c1=O. The third-order valence-electron chi connectivity index (χ3n) is 5.54. The Morgan fingerprint density at radius 3 is 2.41 bits per heavy atom. The molecule has 0 spiro atoms. The van der Waals surface area contributed by atoms with Gasteiger partial charge >= 0.3 is 5.97 Å². The van der Waals surface area contributed by atoms with Crippen LogP contribution in [0.4, 0.5) is 0 Å². The number of aromatic amines is 1. The topological polar surface area (TPSA) is 123 Å². The van der Waals surface area contributed by atoms with Gasteiger partial charge in [0.1, 0.15) is 11.5 Å². The molecule has 2 N–H and O–H groups in total. The number of benzene rings is 2. The monoisotopic (exact) mass is 433 g/mol. The number of pyridine rings is 1. The summed E-state index contributed by atoms with van der Waals surface area (Å²) in [5.41, 5.74) is -0.102. The van der Waals surface area contributed by atoms with Gasteiger partial charge in [-0.3, -0.25) is 19.2 Å². The molecule has 0 saturated heterocycles. The Hall–Kier alpha value is -4.20. The van der Waals surface area contributed by atoms with Crippen molar-refractivity contribution in [3.05, 3.63) is 81.1 Å². The number of aliphatic hydroxyl groups excluding tert-OH is 1. The smallest absolute Gasteiger partial charge is 0.306 e. The molecule has 4 rings (SSSR count). The predicted octanol–water partition coefficient (Wildman–Crippen LogP) is 2.92. The first-order valence-electron chi connectivity index (χ1n) is 9.75. The Kier molecular flexibility index (Phi) is 5.36. The van der Waals surface area contributed by atoms with Gasteiger partial charge in [0.25, 0.3) is 5.56 Å². The lowest BCUT2D eigenvalue weighted by Crippen LogP contribution is -2.30. The number of fused-ring (bicyclic) bond motifs is 2. The van der Waals surface area contributed by atoms with E-state index in [1.165, 1.54) is 32.4 Å². The van der Waals surface area contributed by atoms with Crippen molar-refractivity contribution < 1.29 is 29.0 Å². The van der Waals surface area contributed by atoms with E-state index < -0.39 is 41.2 Å². The molecule has 8 nitrogen and oxygen atoms in total. The van der Waals surface area contributed by atoms with E-state index in [1.807, 2.05) is 0 Å². The molecule has 0 unspecified atom stereocenters. The van der Waals surface area contributed by atoms with E-state index >= 15 is 0 Å². The number of ether oxygens (including phenoxy) is 2. The average Bonchev–Trinajstić information content (AvgIpc) is 2.81. The van der Waals surface area contributed by atoms with Crippen molar-refractivity contribution in [2.24, 2.45) is 0 Å². The van der Waals surface area contributed by atoms with E-state index in [0.717, 1.165) is 0 Å². The normalized spacial score (nSPS) is 14.3. The van der Waals surface area contributed by atoms with E-state index in [0.29, 0.717) is 16.7 Å². The fraction of sp³-hybridized carbons (Fsp3) is 0.167. The second-order valence-corrected chi connectivity index (χ2v) is 7.31. The summed E-state index contributed by atoms with van der Waals surface area (Å²) in [5, 5.41) is 11.5. The molecule has 1 heterocycles. The van der Waals surface area contributed by atoms with Crippen LogP contribution in [-0.2, 0) is 14.3 Å². The van der Waals surface area contributed by atoms with E-state index in [9.17, 15) is 24.3 Å². The number of methoxy groups -OCH3 is 2. The number of H-pyrrole nitrogens is 1. The number of esters is 1. The molecule has 0 aliphatic heterocycles. The summed E-state index contributed by atoms with van der Waals surface area (Å²) in [4.78, 5) is 53.6. The van der Waals surface area contributed by atoms with Gasteiger partial charge in [-0.2, -0.15) is 0 Å². The van der Waals surface area contributed by atoms with Crippen molar-refractivity contribution in [2.75, 3.05) is 14.2 Å². The number of aliphatic hydroxyl groups is 1. The Bertz CT molecular complexity index is 1370. The van der Waals surface area contributed by atoms with Gasteiger partial charge in [0.15, 0.2) is 0 Å². The summed E-state index contributed by atoms with van der Waals surface area (Å²) < 4.78 is 9.92. The summed E-state index contributed by atoms with van der Waals surface area (Å²) in [6, 6.07) is 12.7. The van der Waals surface area contributed by atoms with Crippen LogP contribution in [-0.4, -0.2) is 41.8 Å². The highest BCUT2D eigenvalue weighted by atomic mass is 16.5. The number of hydrogen-bond donors (Lipinski definition) is 2. The highest BCUT2D eigenvalue weighted by molar-refractivity contribution is 6.52. The highest BCUT2D eigenvalue weighted by Gasteiger charge is 2.39. The number of Topliss-reactive ketones (excluding diaryl/α,β-unsaturated/α-hetero) is 2. The van der Waals surface area contributed by atoms with E-state index in [2.05, 4.69) is 4.98 Å². The zero-order valence-electron chi connectivity index (χ0n) is 17.3. The summed E-state index contributed by atoms with van der Waals surface area (Å²) in [6.45, 7) is 0. The molecule has 3 aromatic rings. The molecule has 32 heavy (non-hydrogen) atoms. The molecule has 0 radical (unpaired) electrons. The van der Waals surface area contributed by atoms with Crippen molar-refractivity contribution in [1.29, 1.82) is 0 Å². The number of rotatable bonds is 5. The molecule has 1 aliphatic carbocycles. The number of allylic oxidation sites excluding steroid dienone is 1. The van der Waals surface area contributed by atoms with Crippen LogP contribution in [0.15, 0.2) is 58.9 Å². The molecule has 162 valence electrons. The van der Waals surface area contributed by atoms with Gasteiger partial charge in [-0.15, -0.1) is 0 Å². The van der Waals surface area contributed by atoms with Gasteiger partial charge in [-0.05, 0) is 23.6 Å². The van der Waals surface area contributed by atoms with Crippen molar-refractivity contribution in [2.45, 2.75) is 12.3 Å². The molecule has 1 atom stereocenters. The standard InChI is InChI=1S/C24H19NO7/c1-31-13-8-7-12-9-17(24(30)25-18(12)10-13)16(11-19(26)32-2)20-21(27)14-5-3-4-6-15(14)22(28)23(20)29/h3-10,16,27H,11H2,1-2H3,(H,25,30)/t16-/m1/s1. The number of aromatic nitrogens is 1. The van der Waals surface area contributed by atoms with Crippen LogP contribution in [0.2, 0.25) is 0 Å². The van der Waals surface area contributed by atoms with Gasteiger partial charge in [0.05, 0.1) is 31.7 Å². The van der Waals surface area contributed by atoms with Crippen LogP contribution in [0, 0.1) is 0 Å². The second-order valence-electron chi connectivity index (χ2n) is 7.31. The maximum atomic E-state index is 13.0. The van der Waals surface area contributed by atoms with Crippen LogP contribution < -0.4 is 10.3 Å². The van der Waals surface area contributed by atoms with Crippen molar-refractivity contribution in [3.8, 4) is 5.75 Å². The lowest BCUT2D eigenvalue weighted by Gasteiger charge is -2.24. The van der Waals surface area contributed by atoms with Gasteiger partial charge in [-0.1, -0.05) is 24.3 Å². The molecule has 1 aliphatic rings. The molecular formula is C24H19NO7. The zero-order chi connectivity index (χ0) is 23.0. The van der Waals surface area contributed by atoms with Gasteiger partial charge < -0.3 is 19.6 Å². The van der Waals surface area contributed by atoms with Crippen molar-refractivity contribution >= 4 is 34.2 Å². The largest absolute Gasteiger partial charge is 0.507 e. The summed E-state index contributed by atoms with van der Waals surface area (Å²) in [5.74, 6) is -3.58. The molecule has 8 heteroatoms. The van der Waals surface area contributed by atoms with E-state index in [-0.39, 0.29) is 22.3 Å². The number of hydrogen-bond acceptors (Lipinski definition) is 7. The molecule has 1 aromatic heterocycles. The maximum absolute atomic E-state index is 13.0. The lowest BCUT2D eigenvalue weighted by atomic mass is 9.78. The van der Waals surface area contributed by atoms with E-state index in [4.69, 9.17) is 9.47 Å². The van der Waals surface area contributed by atoms with Crippen molar-refractivity contribution in [1.82, 2.24) is 4.98 Å². The Morgan fingerprint density at radius 2 is 1.72 bits per heavy atom. The zero-order valence-corrected chi connectivity index (χ0v) is 17.3. The summed E-state index contributed by atoms with van der Waals surface area (Å²) >= 11 is 0. The summed E-state index contributed by atoms with van der Waals surface area (Å²) in [7, 11) is 2.67. The van der Waals surface area contributed by atoms with Gasteiger partial charge in [-0.25, -0.2) is 0 Å². The highest BCUT2D eigenvalue weighted by Crippen LogP contribution is 2.37. The molecule has 2 aromatic carbocycles. The molecule has 0 bridgehead atoms. The molecular weight excluding hydrogens is 414 g/mol. The first-order valence-corrected chi connectivity index (χ1v) is 9.75. The van der Waals surface area contributed by atoms with Crippen LogP contribution >= 0.6 is 0 Å². The molecule has 0 amide bonds. The Balaban J connectivity index is 1.96. The average molecular weight is 433 g/mol. The van der Waals surface area contributed by atoms with Crippen LogP contribution in [0.3, 0.4) is 0 Å². The second kappa shape index (κ2) is 8.14.